The third-order valence-corrected chi connectivity index (χ3v) is 7.28. The second-order valence-corrected chi connectivity index (χ2v) is 10.5. The number of benzene rings is 2. The first-order valence-electron chi connectivity index (χ1n) is 14.5. The van der Waals surface area contributed by atoms with Crippen LogP contribution in [0.5, 0.6) is 5.75 Å². The van der Waals surface area contributed by atoms with Crippen molar-refractivity contribution < 1.29 is 14.3 Å². The summed E-state index contributed by atoms with van der Waals surface area (Å²) in [5.74, 6) is 1.46. The number of nitriles is 1. The van der Waals surface area contributed by atoms with E-state index in [0.717, 1.165) is 61.9 Å². The Morgan fingerprint density at radius 2 is 1.88 bits per heavy atom. The number of hydrogen-bond acceptors (Lipinski definition) is 10. The fourth-order valence-electron chi connectivity index (χ4n) is 4.96. The summed E-state index contributed by atoms with van der Waals surface area (Å²) in [4.78, 5) is 26.4. The maximum atomic E-state index is 12.7. The van der Waals surface area contributed by atoms with E-state index in [1.54, 1.807) is 0 Å². The third kappa shape index (κ3) is 8.39. The minimum atomic E-state index is 0.0357. The normalized spacial score (nSPS) is 17.4. The van der Waals surface area contributed by atoms with Gasteiger partial charge in [0.2, 0.25) is 11.9 Å². The van der Waals surface area contributed by atoms with Gasteiger partial charge in [-0.15, -0.1) is 0 Å². The summed E-state index contributed by atoms with van der Waals surface area (Å²) in [5.41, 5.74) is 4.03. The first-order valence-corrected chi connectivity index (χ1v) is 14.5. The summed E-state index contributed by atoms with van der Waals surface area (Å²) in [6, 6.07) is 16.1. The molecule has 0 aliphatic carbocycles. The molecule has 2 aliphatic heterocycles. The predicted octanol–water partition coefficient (Wildman–Crippen LogP) is 3.57. The van der Waals surface area contributed by atoms with Crippen LogP contribution in [0.2, 0.25) is 0 Å². The number of rotatable bonds is 3. The van der Waals surface area contributed by atoms with Crippen molar-refractivity contribution in [3.05, 3.63) is 65.4 Å². The van der Waals surface area contributed by atoms with Gasteiger partial charge in [-0.1, -0.05) is 18.2 Å². The molecule has 4 bridgehead atoms. The van der Waals surface area contributed by atoms with Crippen molar-refractivity contribution in [3.63, 3.8) is 0 Å². The molecule has 1 aromatic heterocycles. The van der Waals surface area contributed by atoms with E-state index in [1.165, 1.54) is 6.20 Å². The second kappa shape index (κ2) is 14.6. The molecule has 1 fully saturated rings. The molecule has 2 aliphatic rings. The van der Waals surface area contributed by atoms with Crippen LogP contribution in [0.4, 0.5) is 23.1 Å². The monoisotopic (exact) mass is 570 g/mol. The summed E-state index contributed by atoms with van der Waals surface area (Å²) in [6.07, 6.45) is 2.61. The van der Waals surface area contributed by atoms with E-state index in [9.17, 15) is 10.1 Å². The standard InChI is InChI=1S/C31H38N8O3/c1-23-6-7-28-27(18-23)36-31-34-21-25(20-32)30(37-31)35-26-5-2-4-24(19-26)22-39(12-11-38-13-16-41-17-14-38)10-8-29(40)33-9-3-15-42-28/h2,4-7,18-19,21H,3,8-17,22H2,1H3,(H,33,40)(H2,34,35,36,37). The van der Waals surface area contributed by atoms with Gasteiger partial charge < -0.3 is 25.4 Å². The number of ether oxygens (including phenoxy) is 2. The fraction of sp³-hybridized carbons (Fsp3) is 0.419. The van der Waals surface area contributed by atoms with Gasteiger partial charge in [0.25, 0.3) is 0 Å². The smallest absolute Gasteiger partial charge is 0.229 e. The predicted molar refractivity (Wildman–Crippen MR) is 161 cm³/mol. The maximum Gasteiger partial charge on any atom is 0.229 e. The Bertz CT molecular complexity index is 1400. The number of amides is 1. The minimum Gasteiger partial charge on any atom is -0.491 e. The molecule has 220 valence electrons. The van der Waals surface area contributed by atoms with Crippen LogP contribution < -0.4 is 20.7 Å². The van der Waals surface area contributed by atoms with Crippen LogP contribution in [0, 0.1) is 18.3 Å². The Labute approximate surface area is 246 Å². The molecule has 11 nitrogen and oxygen atoms in total. The van der Waals surface area contributed by atoms with Crippen LogP contribution in [0.25, 0.3) is 0 Å². The van der Waals surface area contributed by atoms with Gasteiger partial charge >= 0.3 is 0 Å². The Morgan fingerprint density at radius 3 is 2.74 bits per heavy atom. The lowest BCUT2D eigenvalue weighted by molar-refractivity contribution is -0.121. The van der Waals surface area contributed by atoms with Crippen molar-refractivity contribution in [1.82, 2.24) is 25.1 Å². The molecule has 1 saturated heterocycles. The van der Waals surface area contributed by atoms with Crippen molar-refractivity contribution in [1.29, 1.82) is 5.26 Å². The van der Waals surface area contributed by atoms with E-state index in [0.29, 0.717) is 62.2 Å². The van der Waals surface area contributed by atoms with Crippen molar-refractivity contribution >= 4 is 29.0 Å². The highest BCUT2D eigenvalue weighted by molar-refractivity contribution is 5.76. The highest BCUT2D eigenvalue weighted by Gasteiger charge is 2.16. The zero-order valence-corrected chi connectivity index (χ0v) is 24.1. The first-order chi connectivity index (χ1) is 20.6. The van der Waals surface area contributed by atoms with Gasteiger partial charge in [0, 0.05) is 57.9 Å². The lowest BCUT2D eigenvalue weighted by Crippen LogP contribution is -2.42. The molecule has 2 aromatic carbocycles. The van der Waals surface area contributed by atoms with Crippen molar-refractivity contribution in [2.45, 2.75) is 26.3 Å². The Morgan fingerprint density at radius 1 is 1.02 bits per heavy atom. The number of anilines is 4. The minimum absolute atomic E-state index is 0.0357. The molecule has 3 aromatic rings. The molecule has 0 spiro atoms. The summed E-state index contributed by atoms with van der Waals surface area (Å²) in [5, 5.41) is 19.4. The topological polar surface area (TPSA) is 128 Å². The summed E-state index contributed by atoms with van der Waals surface area (Å²) in [7, 11) is 0. The number of aromatic nitrogens is 2. The molecule has 0 radical (unpaired) electrons. The molecule has 0 unspecified atom stereocenters. The number of morpholine rings is 1. The highest BCUT2D eigenvalue weighted by atomic mass is 16.5. The van der Waals surface area contributed by atoms with E-state index in [-0.39, 0.29) is 5.91 Å². The van der Waals surface area contributed by atoms with Gasteiger partial charge in [0.05, 0.1) is 31.7 Å². The molecule has 3 N–H and O–H groups in total. The van der Waals surface area contributed by atoms with E-state index in [2.05, 4.69) is 53.9 Å². The third-order valence-electron chi connectivity index (χ3n) is 7.28. The zero-order chi connectivity index (χ0) is 29.1. The van der Waals surface area contributed by atoms with E-state index >= 15 is 0 Å². The van der Waals surface area contributed by atoms with Crippen LogP contribution >= 0.6 is 0 Å². The number of carbonyl (C=O) groups is 1. The van der Waals surface area contributed by atoms with Crippen LogP contribution in [0.1, 0.15) is 29.5 Å². The van der Waals surface area contributed by atoms with Gasteiger partial charge in [0.1, 0.15) is 17.4 Å². The van der Waals surface area contributed by atoms with Crippen LogP contribution in [0.3, 0.4) is 0 Å². The number of nitrogens with one attached hydrogen (secondary N) is 3. The Balaban J connectivity index is 1.39. The first kappa shape index (κ1) is 29.3. The fourth-order valence-corrected chi connectivity index (χ4v) is 4.96. The highest BCUT2D eigenvalue weighted by Crippen LogP contribution is 2.29. The Kier molecular flexibility index (Phi) is 10.2. The van der Waals surface area contributed by atoms with Gasteiger partial charge in [-0.3, -0.25) is 14.6 Å². The lowest BCUT2D eigenvalue weighted by atomic mass is 10.1. The number of carbonyl (C=O) groups excluding carboxylic acids is 1. The van der Waals surface area contributed by atoms with Crippen LogP contribution in [-0.2, 0) is 16.1 Å². The molecule has 0 atom stereocenters. The average molecular weight is 571 g/mol. The largest absolute Gasteiger partial charge is 0.491 e. The van der Waals surface area contributed by atoms with Crippen LogP contribution in [0.15, 0.2) is 48.7 Å². The van der Waals surface area contributed by atoms with Crippen molar-refractivity contribution in [2.24, 2.45) is 0 Å². The van der Waals surface area contributed by atoms with Gasteiger partial charge in [-0.25, -0.2) is 4.98 Å². The molecule has 11 heteroatoms. The lowest BCUT2D eigenvalue weighted by Gasteiger charge is -2.30. The molecule has 5 rings (SSSR count). The SMILES string of the molecule is Cc1ccc2c(c1)Nc1ncc(C#N)c(n1)Nc1cccc(c1)CN(CCN1CCOCC1)CCC(=O)NCCCO2. The summed E-state index contributed by atoms with van der Waals surface area (Å²) in [6.45, 7) is 9.46. The van der Waals surface area contributed by atoms with Gasteiger partial charge in [-0.05, 0) is 48.7 Å². The molecule has 3 heterocycles. The number of fused-ring (bicyclic) bond motifs is 5. The number of aryl methyl sites for hydroxylation is 1. The zero-order valence-electron chi connectivity index (χ0n) is 24.1. The summed E-state index contributed by atoms with van der Waals surface area (Å²) < 4.78 is 11.6. The quantitative estimate of drug-likeness (QED) is 0.430. The average Bonchev–Trinajstić information content (AvgIpc) is 3.00. The molecule has 1 amide bonds. The molecular formula is C31H38N8O3. The Hall–Kier alpha value is -4.24. The van der Waals surface area contributed by atoms with E-state index in [1.807, 2.05) is 37.3 Å². The molecule has 0 saturated carbocycles. The van der Waals surface area contributed by atoms with E-state index in [4.69, 9.17) is 9.47 Å². The molecular weight excluding hydrogens is 532 g/mol. The number of nitrogens with zero attached hydrogens (tertiary/aromatic N) is 5. The second-order valence-electron chi connectivity index (χ2n) is 10.5. The van der Waals surface area contributed by atoms with Crippen molar-refractivity contribution in [3.8, 4) is 11.8 Å². The van der Waals surface area contributed by atoms with Gasteiger partial charge in [0.15, 0.2) is 5.82 Å². The molecule has 42 heavy (non-hydrogen) atoms. The van der Waals surface area contributed by atoms with Gasteiger partial charge in [-0.2, -0.15) is 10.2 Å². The van der Waals surface area contributed by atoms with Crippen molar-refractivity contribution in [2.75, 3.05) is 69.7 Å². The summed E-state index contributed by atoms with van der Waals surface area (Å²) >= 11 is 0. The van der Waals surface area contributed by atoms with Crippen LogP contribution in [-0.4, -0.2) is 84.8 Å². The maximum absolute atomic E-state index is 12.7. The number of hydrogen-bond donors (Lipinski definition) is 3. The van der Waals surface area contributed by atoms with E-state index < -0.39 is 0 Å².